The van der Waals surface area contributed by atoms with Gasteiger partial charge in [-0.15, -0.1) is 11.3 Å². The third-order valence-electron chi connectivity index (χ3n) is 4.07. The first-order chi connectivity index (χ1) is 10.3. The molecule has 0 amide bonds. The molecular weight excluding hydrogens is 280 g/mol. The van der Waals surface area contributed by atoms with Crippen molar-refractivity contribution in [2.75, 3.05) is 11.4 Å². The monoisotopic (exact) mass is 300 g/mol. The molecule has 0 saturated carbocycles. The molecule has 1 fully saturated rings. The lowest BCUT2D eigenvalue weighted by Crippen LogP contribution is -2.28. The Morgan fingerprint density at radius 3 is 2.95 bits per heavy atom. The van der Waals surface area contributed by atoms with Gasteiger partial charge in [-0.25, -0.2) is 4.98 Å². The van der Waals surface area contributed by atoms with Gasteiger partial charge in [0.05, 0.1) is 12.1 Å². The summed E-state index contributed by atoms with van der Waals surface area (Å²) in [6, 6.07) is 10.1. The quantitative estimate of drug-likeness (QED) is 0.784. The van der Waals surface area contributed by atoms with Crippen LogP contribution in [0.4, 0.5) is 5.13 Å². The highest BCUT2D eigenvalue weighted by atomic mass is 32.1. The first-order valence-electron chi connectivity index (χ1n) is 7.57. The number of benzene rings is 1. The topological polar surface area (TPSA) is 33.2 Å². The number of Topliss-reactive ketones (excluding diaryl/α,β-unsaturated/α-hetero) is 1. The number of nitrogens with zero attached hydrogens (tertiary/aromatic N) is 2. The Bertz CT molecular complexity index is 608. The van der Waals surface area contributed by atoms with Crippen molar-refractivity contribution in [2.24, 2.45) is 0 Å². The minimum absolute atomic E-state index is 0.140. The molecule has 1 unspecified atom stereocenters. The maximum atomic E-state index is 12.2. The molecule has 0 spiro atoms. The highest BCUT2D eigenvalue weighted by Gasteiger charge is 2.25. The van der Waals surface area contributed by atoms with Gasteiger partial charge in [0.15, 0.2) is 10.9 Å². The molecule has 1 aliphatic heterocycles. The van der Waals surface area contributed by atoms with Crippen LogP contribution in [0, 0.1) is 0 Å². The Kier molecular flexibility index (Phi) is 4.34. The molecule has 0 radical (unpaired) electrons. The molecule has 1 atom stereocenters. The summed E-state index contributed by atoms with van der Waals surface area (Å²) in [6.07, 6.45) is 4.06. The van der Waals surface area contributed by atoms with E-state index in [1.807, 2.05) is 35.7 Å². The maximum Gasteiger partial charge on any atom is 0.185 e. The van der Waals surface area contributed by atoms with E-state index >= 15 is 0 Å². The predicted molar refractivity (Wildman–Crippen MR) is 87.2 cm³/mol. The molecule has 21 heavy (non-hydrogen) atoms. The zero-order chi connectivity index (χ0) is 14.7. The van der Waals surface area contributed by atoms with Crippen molar-refractivity contribution in [2.45, 2.75) is 38.6 Å². The Morgan fingerprint density at radius 1 is 1.38 bits per heavy atom. The molecule has 110 valence electrons. The van der Waals surface area contributed by atoms with Crippen molar-refractivity contribution >= 4 is 22.3 Å². The number of thiazole rings is 1. The molecule has 1 aliphatic rings. The van der Waals surface area contributed by atoms with Crippen molar-refractivity contribution in [1.82, 2.24) is 4.98 Å². The SMILES string of the molecule is CCC1CCCN1c1nc(CC(=O)c2ccccc2)cs1. The molecule has 1 saturated heterocycles. The van der Waals surface area contributed by atoms with Gasteiger partial charge in [-0.05, 0) is 19.3 Å². The summed E-state index contributed by atoms with van der Waals surface area (Å²) in [5, 5.41) is 3.11. The Morgan fingerprint density at radius 2 is 2.19 bits per heavy atom. The van der Waals surface area contributed by atoms with E-state index < -0.39 is 0 Å². The molecule has 2 heterocycles. The summed E-state index contributed by atoms with van der Waals surface area (Å²) in [5.41, 5.74) is 1.66. The second-order valence-electron chi connectivity index (χ2n) is 5.49. The number of carbonyl (C=O) groups is 1. The average Bonchev–Trinajstić information content (AvgIpc) is 3.16. The molecule has 1 aromatic carbocycles. The maximum absolute atomic E-state index is 12.2. The van der Waals surface area contributed by atoms with Crippen LogP contribution in [0.15, 0.2) is 35.7 Å². The Balaban J connectivity index is 1.69. The van der Waals surface area contributed by atoms with E-state index in [1.54, 1.807) is 11.3 Å². The summed E-state index contributed by atoms with van der Waals surface area (Å²) >= 11 is 1.67. The molecule has 0 aliphatic carbocycles. The number of aromatic nitrogens is 1. The lowest BCUT2D eigenvalue weighted by Gasteiger charge is -2.22. The van der Waals surface area contributed by atoms with Crippen molar-refractivity contribution in [3.63, 3.8) is 0 Å². The third kappa shape index (κ3) is 3.16. The van der Waals surface area contributed by atoms with E-state index in [1.165, 1.54) is 12.8 Å². The van der Waals surface area contributed by atoms with Crippen LogP contribution in [-0.2, 0) is 6.42 Å². The number of ketones is 1. The van der Waals surface area contributed by atoms with Crippen molar-refractivity contribution in [1.29, 1.82) is 0 Å². The first kappa shape index (κ1) is 14.3. The predicted octanol–water partition coefficient (Wildman–Crippen LogP) is 3.95. The molecule has 3 nitrogen and oxygen atoms in total. The number of carbonyl (C=O) groups excluding carboxylic acids is 1. The lowest BCUT2D eigenvalue weighted by atomic mass is 10.1. The zero-order valence-corrected chi connectivity index (χ0v) is 13.1. The van der Waals surface area contributed by atoms with Crippen LogP contribution in [-0.4, -0.2) is 23.4 Å². The Hall–Kier alpha value is -1.68. The summed E-state index contributed by atoms with van der Waals surface area (Å²) in [5.74, 6) is 0.140. The second-order valence-corrected chi connectivity index (χ2v) is 6.32. The van der Waals surface area contributed by atoms with Gasteiger partial charge in [-0.2, -0.15) is 0 Å². The molecule has 2 aromatic rings. The minimum Gasteiger partial charge on any atom is -0.345 e. The number of anilines is 1. The molecular formula is C17H20N2OS. The van der Waals surface area contributed by atoms with Crippen LogP contribution in [0.2, 0.25) is 0 Å². The summed E-state index contributed by atoms with van der Waals surface area (Å²) in [7, 11) is 0. The molecule has 1 aromatic heterocycles. The van der Waals surface area contributed by atoms with E-state index in [2.05, 4.69) is 16.8 Å². The van der Waals surface area contributed by atoms with Crippen LogP contribution in [0.5, 0.6) is 0 Å². The van der Waals surface area contributed by atoms with Gasteiger partial charge >= 0.3 is 0 Å². The van der Waals surface area contributed by atoms with E-state index in [0.29, 0.717) is 12.5 Å². The third-order valence-corrected chi connectivity index (χ3v) is 5.00. The zero-order valence-electron chi connectivity index (χ0n) is 12.3. The van der Waals surface area contributed by atoms with Crippen molar-refractivity contribution in [3.05, 3.63) is 47.0 Å². The lowest BCUT2D eigenvalue weighted by molar-refractivity contribution is 0.0992. The molecule has 3 rings (SSSR count). The number of rotatable bonds is 5. The number of hydrogen-bond donors (Lipinski definition) is 0. The smallest absolute Gasteiger partial charge is 0.185 e. The molecule has 0 N–H and O–H groups in total. The van der Waals surface area contributed by atoms with E-state index in [0.717, 1.165) is 29.4 Å². The van der Waals surface area contributed by atoms with Crippen LogP contribution in [0.25, 0.3) is 0 Å². The first-order valence-corrected chi connectivity index (χ1v) is 8.45. The fourth-order valence-electron chi connectivity index (χ4n) is 2.91. The van der Waals surface area contributed by atoms with Crippen molar-refractivity contribution in [3.8, 4) is 0 Å². The van der Waals surface area contributed by atoms with Gasteiger partial charge in [0, 0.05) is 23.5 Å². The summed E-state index contributed by atoms with van der Waals surface area (Å²) in [6.45, 7) is 3.33. The van der Waals surface area contributed by atoms with E-state index in [4.69, 9.17) is 0 Å². The van der Waals surface area contributed by atoms with Gasteiger partial charge in [0.1, 0.15) is 0 Å². The van der Waals surface area contributed by atoms with E-state index in [9.17, 15) is 4.79 Å². The fourth-order valence-corrected chi connectivity index (χ4v) is 3.84. The summed E-state index contributed by atoms with van der Waals surface area (Å²) < 4.78 is 0. The molecule has 0 bridgehead atoms. The van der Waals surface area contributed by atoms with Crippen LogP contribution < -0.4 is 4.90 Å². The van der Waals surface area contributed by atoms with Crippen LogP contribution >= 0.6 is 11.3 Å². The van der Waals surface area contributed by atoms with Crippen molar-refractivity contribution < 1.29 is 4.79 Å². The molecule has 4 heteroatoms. The largest absolute Gasteiger partial charge is 0.345 e. The Labute approximate surface area is 129 Å². The van der Waals surface area contributed by atoms with Crippen LogP contribution in [0.3, 0.4) is 0 Å². The van der Waals surface area contributed by atoms with Gasteiger partial charge < -0.3 is 4.90 Å². The van der Waals surface area contributed by atoms with Gasteiger partial charge in [0.2, 0.25) is 0 Å². The minimum atomic E-state index is 0.140. The normalized spacial score (nSPS) is 18.1. The van der Waals surface area contributed by atoms with Gasteiger partial charge in [-0.3, -0.25) is 4.79 Å². The fraction of sp³-hybridized carbons (Fsp3) is 0.412. The van der Waals surface area contributed by atoms with E-state index in [-0.39, 0.29) is 5.78 Å². The average molecular weight is 300 g/mol. The second kappa shape index (κ2) is 6.39. The highest BCUT2D eigenvalue weighted by molar-refractivity contribution is 7.13. The number of hydrogen-bond acceptors (Lipinski definition) is 4. The van der Waals surface area contributed by atoms with Crippen LogP contribution in [0.1, 0.15) is 42.2 Å². The standard InChI is InChI=1S/C17H20N2OS/c1-2-15-9-6-10-19(15)17-18-14(12-21-17)11-16(20)13-7-4-3-5-8-13/h3-5,7-8,12,15H,2,6,9-11H2,1H3. The van der Waals surface area contributed by atoms with Gasteiger partial charge in [0.25, 0.3) is 0 Å². The highest BCUT2D eigenvalue weighted by Crippen LogP contribution is 2.30. The summed E-state index contributed by atoms with van der Waals surface area (Å²) in [4.78, 5) is 19.3. The van der Waals surface area contributed by atoms with Gasteiger partial charge in [-0.1, -0.05) is 37.3 Å².